The van der Waals surface area contributed by atoms with Gasteiger partial charge in [-0.25, -0.2) is 10.4 Å². The van der Waals surface area contributed by atoms with E-state index in [0.29, 0.717) is 11.3 Å². The summed E-state index contributed by atoms with van der Waals surface area (Å²) in [6, 6.07) is 22.9. The van der Waals surface area contributed by atoms with Crippen molar-refractivity contribution in [3.8, 4) is 11.3 Å². The van der Waals surface area contributed by atoms with Gasteiger partial charge in [0, 0.05) is 28.9 Å². The van der Waals surface area contributed by atoms with Crippen LogP contribution in [0.1, 0.15) is 22.8 Å². The summed E-state index contributed by atoms with van der Waals surface area (Å²) in [6.07, 6.45) is 3.39. The Bertz CT molecular complexity index is 1160. The second kappa shape index (κ2) is 7.80. The molecule has 0 saturated heterocycles. The second-order valence-electron chi connectivity index (χ2n) is 6.31. The van der Waals surface area contributed by atoms with Gasteiger partial charge >= 0.3 is 0 Å². The Morgan fingerprint density at radius 3 is 2.43 bits per heavy atom. The fourth-order valence-corrected chi connectivity index (χ4v) is 2.97. The van der Waals surface area contributed by atoms with Crippen molar-refractivity contribution in [2.75, 3.05) is 0 Å². The van der Waals surface area contributed by atoms with Gasteiger partial charge in [0.2, 0.25) is 0 Å². The van der Waals surface area contributed by atoms with Crippen molar-refractivity contribution in [2.24, 2.45) is 5.10 Å². The van der Waals surface area contributed by atoms with E-state index in [1.807, 2.05) is 79.7 Å². The molecule has 0 spiro atoms. The van der Waals surface area contributed by atoms with Crippen LogP contribution in [0.5, 0.6) is 0 Å². The highest BCUT2D eigenvalue weighted by Crippen LogP contribution is 2.24. The van der Waals surface area contributed by atoms with E-state index in [1.165, 1.54) is 0 Å². The number of carbonyl (C=O) groups is 1. The Morgan fingerprint density at radius 2 is 1.64 bits per heavy atom. The molecule has 2 aromatic carbocycles. The first-order valence-corrected chi connectivity index (χ1v) is 8.92. The number of rotatable bonds is 4. The van der Waals surface area contributed by atoms with Gasteiger partial charge in [-0.05, 0) is 31.2 Å². The molecule has 0 fully saturated rings. The number of hydrogen-bond donors (Lipinski definition) is 1. The molecule has 0 atom stereocenters. The van der Waals surface area contributed by atoms with E-state index in [2.05, 4.69) is 15.5 Å². The molecule has 2 heterocycles. The third-order valence-electron chi connectivity index (χ3n) is 4.45. The summed E-state index contributed by atoms with van der Waals surface area (Å²) in [6.45, 7) is 1.84. The van der Waals surface area contributed by atoms with Crippen LogP contribution < -0.4 is 5.43 Å². The fraction of sp³-hybridized carbons (Fsp3) is 0.0435. The lowest BCUT2D eigenvalue weighted by Crippen LogP contribution is -2.20. The molecule has 0 radical (unpaired) electrons. The van der Waals surface area contributed by atoms with Crippen molar-refractivity contribution in [3.63, 3.8) is 0 Å². The molecule has 2 aromatic heterocycles. The highest BCUT2D eigenvalue weighted by molar-refractivity contribution is 6.08. The molecular formula is C23H18N4O. The summed E-state index contributed by atoms with van der Waals surface area (Å²) in [7, 11) is 0. The largest absolute Gasteiger partial charge is 0.272 e. The van der Waals surface area contributed by atoms with Gasteiger partial charge in [0.25, 0.3) is 5.91 Å². The SMILES string of the molecule is C/C(=N/NC(=O)c1cc(-c2ccccc2)nc2ccccc12)c1ccncc1. The van der Waals surface area contributed by atoms with E-state index in [9.17, 15) is 4.79 Å². The van der Waals surface area contributed by atoms with Gasteiger partial charge in [-0.1, -0.05) is 48.5 Å². The van der Waals surface area contributed by atoms with Crippen LogP contribution in [0.3, 0.4) is 0 Å². The zero-order valence-electron chi connectivity index (χ0n) is 15.3. The molecule has 136 valence electrons. The monoisotopic (exact) mass is 366 g/mol. The number of pyridine rings is 2. The van der Waals surface area contributed by atoms with E-state index in [-0.39, 0.29) is 5.91 Å². The van der Waals surface area contributed by atoms with Crippen molar-refractivity contribution >= 4 is 22.5 Å². The average Bonchev–Trinajstić information content (AvgIpc) is 2.77. The Kier molecular flexibility index (Phi) is 4.89. The Balaban J connectivity index is 1.72. The number of para-hydroxylation sites is 1. The van der Waals surface area contributed by atoms with Gasteiger partial charge < -0.3 is 0 Å². The molecule has 4 rings (SSSR count). The van der Waals surface area contributed by atoms with Crippen molar-refractivity contribution in [1.29, 1.82) is 0 Å². The normalized spacial score (nSPS) is 11.4. The molecule has 5 heteroatoms. The predicted molar refractivity (Wildman–Crippen MR) is 111 cm³/mol. The lowest BCUT2D eigenvalue weighted by molar-refractivity contribution is 0.0956. The minimum absolute atomic E-state index is 0.274. The first-order chi connectivity index (χ1) is 13.7. The molecule has 1 amide bonds. The fourth-order valence-electron chi connectivity index (χ4n) is 2.97. The van der Waals surface area contributed by atoms with Crippen LogP contribution in [0.4, 0.5) is 0 Å². The second-order valence-corrected chi connectivity index (χ2v) is 6.31. The van der Waals surface area contributed by atoms with Gasteiger partial charge in [0.05, 0.1) is 22.5 Å². The molecular weight excluding hydrogens is 348 g/mol. The number of carbonyl (C=O) groups excluding carboxylic acids is 1. The maximum absolute atomic E-state index is 12.9. The van der Waals surface area contributed by atoms with Gasteiger partial charge in [-0.2, -0.15) is 5.10 Å². The van der Waals surface area contributed by atoms with Gasteiger partial charge in [0.15, 0.2) is 0 Å². The summed E-state index contributed by atoms with van der Waals surface area (Å²) in [5.41, 5.74) is 7.29. The summed E-state index contributed by atoms with van der Waals surface area (Å²) in [5.74, 6) is -0.274. The smallest absolute Gasteiger partial charge is 0.267 e. The number of nitrogens with zero attached hydrogens (tertiary/aromatic N) is 3. The number of nitrogens with one attached hydrogen (secondary N) is 1. The highest BCUT2D eigenvalue weighted by atomic mass is 16.2. The van der Waals surface area contributed by atoms with Crippen LogP contribution in [0, 0.1) is 0 Å². The van der Waals surface area contributed by atoms with Crippen LogP contribution in [-0.2, 0) is 0 Å². The van der Waals surface area contributed by atoms with Gasteiger partial charge in [-0.15, -0.1) is 0 Å². The molecule has 5 nitrogen and oxygen atoms in total. The molecule has 0 bridgehead atoms. The van der Waals surface area contributed by atoms with E-state index >= 15 is 0 Å². The zero-order valence-corrected chi connectivity index (χ0v) is 15.3. The molecule has 0 aliphatic carbocycles. The van der Waals surface area contributed by atoms with Crippen LogP contribution in [-0.4, -0.2) is 21.6 Å². The Hall–Kier alpha value is -3.86. The van der Waals surface area contributed by atoms with E-state index in [0.717, 1.165) is 27.7 Å². The maximum Gasteiger partial charge on any atom is 0.272 e. The molecule has 0 saturated carbocycles. The maximum atomic E-state index is 12.9. The lowest BCUT2D eigenvalue weighted by atomic mass is 10.0. The molecule has 4 aromatic rings. The standard InChI is InChI=1S/C23H18N4O/c1-16(17-11-13-24-14-12-17)26-27-23(28)20-15-22(18-7-3-2-4-8-18)25-21-10-6-5-9-19(20)21/h2-15H,1H3,(H,27,28)/b26-16-. The number of hydrazone groups is 1. The minimum atomic E-state index is -0.274. The van der Waals surface area contributed by atoms with Crippen molar-refractivity contribution < 1.29 is 4.79 Å². The number of aromatic nitrogens is 2. The Morgan fingerprint density at radius 1 is 0.929 bits per heavy atom. The summed E-state index contributed by atoms with van der Waals surface area (Å²) in [4.78, 5) is 21.6. The van der Waals surface area contributed by atoms with E-state index < -0.39 is 0 Å². The van der Waals surface area contributed by atoms with Crippen LogP contribution in [0.25, 0.3) is 22.2 Å². The van der Waals surface area contributed by atoms with Gasteiger partial charge in [-0.3, -0.25) is 9.78 Å². The minimum Gasteiger partial charge on any atom is -0.267 e. The first kappa shape index (κ1) is 17.5. The third kappa shape index (κ3) is 3.64. The zero-order chi connectivity index (χ0) is 19.3. The molecule has 0 aliphatic rings. The number of amides is 1. The van der Waals surface area contributed by atoms with Crippen molar-refractivity contribution in [1.82, 2.24) is 15.4 Å². The predicted octanol–water partition coefficient (Wildman–Crippen LogP) is 4.45. The van der Waals surface area contributed by atoms with Crippen molar-refractivity contribution in [2.45, 2.75) is 6.92 Å². The third-order valence-corrected chi connectivity index (χ3v) is 4.45. The number of fused-ring (bicyclic) bond motifs is 1. The summed E-state index contributed by atoms with van der Waals surface area (Å²) in [5, 5.41) is 5.04. The topological polar surface area (TPSA) is 67.2 Å². The van der Waals surface area contributed by atoms with E-state index in [1.54, 1.807) is 12.4 Å². The lowest BCUT2D eigenvalue weighted by Gasteiger charge is -2.09. The first-order valence-electron chi connectivity index (χ1n) is 8.92. The van der Waals surface area contributed by atoms with E-state index in [4.69, 9.17) is 4.98 Å². The van der Waals surface area contributed by atoms with Crippen LogP contribution in [0.15, 0.2) is 90.3 Å². The summed E-state index contributed by atoms with van der Waals surface area (Å²) >= 11 is 0. The van der Waals surface area contributed by atoms with Gasteiger partial charge in [0.1, 0.15) is 0 Å². The molecule has 1 N–H and O–H groups in total. The average molecular weight is 366 g/mol. The number of benzene rings is 2. The quantitative estimate of drug-likeness (QED) is 0.429. The highest BCUT2D eigenvalue weighted by Gasteiger charge is 2.13. The van der Waals surface area contributed by atoms with Crippen LogP contribution in [0.2, 0.25) is 0 Å². The van der Waals surface area contributed by atoms with Crippen molar-refractivity contribution in [3.05, 3.63) is 96.3 Å². The Labute approximate surface area is 162 Å². The molecule has 0 unspecified atom stereocenters. The molecule has 28 heavy (non-hydrogen) atoms. The molecule has 0 aliphatic heterocycles. The van der Waals surface area contributed by atoms with Crippen LogP contribution >= 0.6 is 0 Å². The number of hydrogen-bond acceptors (Lipinski definition) is 4. The summed E-state index contributed by atoms with van der Waals surface area (Å²) < 4.78 is 0.